The molecule has 0 bridgehead atoms. The molecule has 1 aliphatic rings. The summed E-state index contributed by atoms with van der Waals surface area (Å²) in [6, 6.07) is 2.18. The quantitative estimate of drug-likeness (QED) is 0.517. The fraction of sp³-hybridized carbons (Fsp3) is 0.750. The number of allylic oxidation sites excluding steroid dienone is 1. The highest BCUT2D eigenvalue weighted by Gasteiger charge is 2.06. The predicted octanol–water partition coefficient (Wildman–Crippen LogP) is 1.93. The molecule has 1 unspecified atom stereocenters. The molecule has 0 saturated heterocycles. The van der Waals surface area contributed by atoms with E-state index in [1.165, 1.54) is 19.3 Å². The van der Waals surface area contributed by atoms with Crippen molar-refractivity contribution in [2.45, 2.75) is 44.7 Å². The monoisotopic (exact) mass is 207 g/mol. The van der Waals surface area contributed by atoms with Gasteiger partial charge in [-0.2, -0.15) is 5.26 Å². The molecule has 2 N–H and O–H groups in total. The van der Waals surface area contributed by atoms with Crippen molar-refractivity contribution in [2.24, 2.45) is 0 Å². The van der Waals surface area contributed by atoms with Crippen LogP contribution in [0.2, 0.25) is 0 Å². The Hall–Kier alpha value is -0.850. The van der Waals surface area contributed by atoms with Crippen molar-refractivity contribution in [1.82, 2.24) is 10.6 Å². The van der Waals surface area contributed by atoms with Crippen molar-refractivity contribution >= 4 is 0 Å². The first-order chi connectivity index (χ1) is 7.43. The molecule has 15 heavy (non-hydrogen) atoms. The van der Waals surface area contributed by atoms with E-state index in [1.807, 2.05) is 0 Å². The molecule has 0 fully saturated rings. The Kier molecular flexibility index (Phi) is 6.89. The summed E-state index contributed by atoms with van der Waals surface area (Å²) in [5.74, 6) is 0. The largest absolute Gasteiger partial charge is 0.302 e. The molecule has 0 amide bonds. The predicted molar refractivity (Wildman–Crippen MR) is 62.2 cm³/mol. The van der Waals surface area contributed by atoms with E-state index in [2.05, 4.69) is 28.9 Å². The smallest absolute Gasteiger partial charge is 0.0621 e. The normalized spacial score (nSPS) is 20.9. The summed E-state index contributed by atoms with van der Waals surface area (Å²) in [6.07, 6.45) is 11.3. The number of unbranched alkanes of at least 4 members (excludes halogenated alkanes) is 3. The summed E-state index contributed by atoms with van der Waals surface area (Å²) < 4.78 is 0. The first-order valence-corrected chi connectivity index (χ1v) is 5.92. The lowest BCUT2D eigenvalue weighted by Crippen LogP contribution is -2.42. The van der Waals surface area contributed by atoms with E-state index in [1.54, 1.807) is 0 Å². The summed E-state index contributed by atoms with van der Waals surface area (Å²) >= 11 is 0. The zero-order valence-corrected chi connectivity index (χ0v) is 9.34. The van der Waals surface area contributed by atoms with Gasteiger partial charge in [0.05, 0.1) is 12.2 Å². The average Bonchev–Trinajstić information content (AvgIpc) is 2.52. The highest BCUT2D eigenvalue weighted by atomic mass is 15.1. The van der Waals surface area contributed by atoms with Crippen molar-refractivity contribution in [3.8, 4) is 6.07 Å². The highest BCUT2D eigenvalue weighted by Crippen LogP contribution is 2.01. The maximum absolute atomic E-state index is 8.38. The Morgan fingerprint density at radius 3 is 3.13 bits per heavy atom. The molecule has 3 heteroatoms. The van der Waals surface area contributed by atoms with Crippen molar-refractivity contribution in [2.75, 3.05) is 13.1 Å². The van der Waals surface area contributed by atoms with Gasteiger partial charge in [0.1, 0.15) is 0 Å². The summed E-state index contributed by atoms with van der Waals surface area (Å²) in [5.41, 5.74) is 0. The molecular weight excluding hydrogens is 186 g/mol. The van der Waals surface area contributed by atoms with E-state index in [-0.39, 0.29) is 0 Å². The van der Waals surface area contributed by atoms with Crippen LogP contribution in [0.3, 0.4) is 0 Å². The number of nitriles is 1. The van der Waals surface area contributed by atoms with Gasteiger partial charge in [-0.25, -0.2) is 0 Å². The maximum atomic E-state index is 8.38. The Balaban J connectivity index is 1.93. The number of hydrogen-bond donors (Lipinski definition) is 2. The fourth-order valence-corrected chi connectivity index (χ4v) is 1.73. The van der Waals surface area contributed by atoms with Gasteiger partial charge in [-0.3, -0.25) is 5.32 Å². The summed E-state index contributed by atoms with van der Waals surface area (Å²) in [4.78, 5) is 0. The van der Waals surface area contributed by atoms with Gasteiger partial charge in [-0.15, -0.1) is 0 Å². The van der Waals surface area contributed by atoms with Crippen molar-refractivity contribution in [3.63, 3.8) is 0 Å². The van der Waals surface area contributed by atoms with E-state index in [4.69, 9.17) is 5.26 Å². The van der Waals surface area contributed by atoms with Gasteiger partial charge in [0, 0.05) is 13.0 Å². The Morgan fingerprint density at radius 2 is 2.27 bits per heavy atom. The minimum atomic E-state index is 0.468. The van der Waals surface area contributed by atoms with Gasteiger partial charge in [-0.1, -0.05) is 18.6 Å². The third-order valence-electron chi connectivity index (χ3n) is 2.63. The number of hydrogen-bond acceptors (Lipinski definition) is 3. The van der Waals surface area contributed by atoms with Crippen LogP contribution in [0.4, 0.5) is 0 Å². The van der Waals surface area contributed by atoms with E-state index in [0.717, 1.165) is 25.9 Å². The molecule has 84 valence electrons. The van der Waals surface area contributed by atoms with Crippen molar-refractivity contribution in [1.29, 1.82) is 5.26 Å². The second-order valence-corrected chi connectivity index (χ2v) is 3.93. The molecule has 0 radical (unpaired) electrons. The van der Waals surface area contributed by atoms with E-state index < -0.39 is 0 Å². The minimum absolute atomic E-state index is 0.468. The zero-order chi connectivity index (χ0) is 10.8. The Labute approximate surface area is 92.6 Å². The van der Waals surface area contributed by atoms with Gasteiger partial charge in [0.15, 0.2) is 0 Å². The van der Waals surface area contributed by atoms with E-state index in [9.17, 15) is 0 Å². The summed E-state index contributed by atoms with van der Waals surface area (Å²) in [7, 11) is 0. The number of rotatable bonds is 6. The molecule has 3 nitrogen and oxygen atoms in total. The van der Waals surface area contributed by atoms with Gasteiger partial charge in [0.25, 0.3) is 0 Å². The molecule has 0 aromatic carbocycles. The van der Waals surface area contributed by atoms with Crippen LogP contribution in [-0.4, -0.2) is 19.3 Å². The van der Waals surface area contributed by atoms with Crippen LogP contribution in [-0.2, 0) is 0 Å². The molecule has 1 aliphatic heterocycles. The molecule has 0 aliphatic carbocycles. The highest BCUT2D eigenvalue weighted by molar-refractivity contribution is 4.89. The van der Waals surface area contributed by atoms with E-state index in [0.29, 0.717) is 12.6 Å². The molecular formula is C12H21N3. The standard InChI is InChI=1S/C12H21N3/c13-9-5-1-2-6-10-14-12-8-4-3-7-11-15-12/h3,7,12,14-15H,1-2,4-6,8,10-11H2. The Bertz CT molecular complexity index is 207. The van der Waals surface area contributed by atoms with Crippen molar-refractivity contribution in [3.05, 3.63) is 12.2 Å². The average molecular weight is 207 g/mol. The van der Waals surface area contributed by atoms with E-state index >= 15 is 0 Å². The molecule has 0 spiro atoms. The second-order valence-electron chi connectivity index (χ2n) is 3.93. The van der Waals surface area contributed by atoms with Crippen LogP contribution < -0.4 is 10.6 Å². The first kappa shape index (κ1) is 12.2. The molecule has 0 aromatic heterocycles. The van der Waals surface area contributed by atoms with Crippen LogP contribution in [0.5, 0.6) is 0 Å². The van der Waals surface area contributed by atoms with Crippen LogP contribution in [0.15, 0.2) is 12.2 Å². The topological polar surface area (TPSA) is 47.9 Å². The van der Waals surface area contributed by atoms with Crippen LogP contribution in [0.25, 0.3) is 0 Å². The lowest BCUT2D eigenvalue weighted by molar-refractivity contribution is 0.418. The molecule has 1 heterocycles. The Morgan fingerprint density at radius 1 is 1.33 bits per heavy atom. The first-order valence-electron chi connectivity index (χ1n) is 5.92. The SMILES string of the molecule is N#CCCCCCNC1CCC=CCN1. The molecule has 0 aromatic rings. The summed E-state index contributed by atoms with van der Waals surface area (Å²) in [6.45, 7) is 2.04. The fourth-order valence-electron chi connectivity index (χ4n) is 1.73. The maximum Gasteiger partial charge on any atom is 0.0621 e. The zero-order valence-electron chi connectivity index (χ0n) is 9.34. The van der Waals surface area contributed by atoms with Gasteiger partial charge in [0.2, 0.25) is 0 Å². The minimum Gasteiger partial charge on any atom is -0.302 e. The molecule has 1 atom stereocenters. The lowest BCUT2D eigenvalue weighted by atomic mass is 10.2. The van der Waals surface area contributed by atoms with Crippen LogP contribution in [0.1, 0.15) is 38.5 Å². The van der Waals surface area contributed by atoms with Gasteiger partial charge < -0.3 is 5.32 Å². The lowest BCUT2D eigenvalue weighted by Gasteiger charge is -2.17. The van der Waals surface area contributed by atoms with Crippen molar-refractivity contribution < 1.29 is 0 Å². The molecule has 0 saturated carbocycles. The van der Waals surface area contributed by atoms with Gasteiger partial charge >= 0.3 is 0 Å². The number of nitrogens with one attached hydrogen (secondary N) is 2. The van der Waals surface area contributed by atoms with Crippen LogP contribution >= 0.6 is 0 Å². The third kappa shape index (κ3) is 6.27. The number of nitrogens with zero attached hydrogens (tertiary/aromatic N) is 1. The second kappa shape index (κ2) is 8.46. The summed E-state index contributed by atoms with van der Waals surface area (Å²) in [5, 5.41) is 15.3. The van der Waals surface area contributed by atoms with Crippen LogP contribution in [0, 0.1) is 11.3 Å². The third-order valence-corrected chi connectivity index (χ3v) is 2.63. The molecule has 1 rings (SSSR count). The van der Waals surface area contributed by atoms with Gasteiger partial charge in [-0.05, 0) is 32.2 Å².